The molecule has 102 valence electrons. The third kappa shape index (κ3) is 3.14. The van der Waals surface area contributed by atoms with Crippen molar-refractivity contribution < 1.29 is 4.42 Å². The van der Waals surface area contributed by atoms with Gasteiger partial charge in [0.25, 0.3) is 0 Å². The van der Waals surface area contributed by atoms with Crippen LogP contribution in [-0.4, -0.2) is 11.5 Å². The third-order valence-corrected chi connectivity index (χ3v) is 4.28. The summed E-state index contributed by atoms with van der Waals surface area (Å²) in [6.07, 6.45) is 7.74. The lowest BCUT2D eigenvalue weighted by Gasteiger charge is -2.36. The lowest BCUT2D eigenvalue weighted by Crippen LogP contribution is -2.25. The first kappa shape index (κ1) is 13.6. The van der Waals surface area contributed by atoms with Gasteiger partial charge in [-0.2, -0.15) is 0 Å². The van der Waals surface area contributed by atoms with Gasteiger partial charge in [-0.3, -0.25) is 0 Å². The molecule has 1 saturated carbocycles. The van der Waals surface area contributed by atoms with Gasteiger partial charge in [0.05, 0.1) is 6.20 Å². The first-order valence-corrected chi connectivity index (χ1v) is 7.15. The maximum atomic E-state index is 5.79. The van der Waals surface area contributed by atoms with E-state index in [2.05, 4.69) is 25.8 Å². The molecule has 0 aliphatic heterocycles. The number of hydrogen-bond acceptors (Lipinski definition) is 3. The summed E-state index contributed by atoms with van der Waals surface area (Å²) >= 11 is 0. The Morgan fingerprint density at radius 1 is 1.28 bits per heavy atom. The van der Waals surface area contributed by atoms with Crippen LogP contribution in [0.5, 0.6) is 0 Å². The van der Waals surface area contributed by atoms with Crippen molar-refractivity contribution in [2.24, 2.45) is 17.1 Å². The smallest absolute Gasteiger partial charge is 0.195 e. The van der Waals surface area contributed by atoms with Crippen molar-refractivity contribution in [1.29, 1.82) is 0 Å². The highest BCUT2D eigenvalue weighted by atomic mass is 16.4. The quantitative estimate of drug-likeness (QED) is 0.893. The Morgan fingerprint density at radius 2 is 1.94 bits per heavy atom. The average Bonchev–Trinajstić information content (AvgIpc) is 2.77. The van der Waals surface area contributed by atoms with Crippen LogP contribution in [0.1, 0.15) is 64.0 Å². The number of rotatable bonds is 3. The van der Waals surface area contributed by atoms with E-state index in [1.807, 2.05) is 6.20 Å². The van der Waals surface area contributed by atoms with E-state index in [0.29, 0.717) is 17.9 Å². The van der Waals surface area contributed by atoms with Crippen LogP contribution in [0.4, 0.5) is 0 Å². The molecular weight excluding hydrogens is 224 g/mol. The van der Waals surface area contributed by atoms with Crippen LogP contribution in [0, 0.1) is 11.3 Å². The van der Waals surface area contributed by atoms with Gasteiger partial charge < -0.3 is 10.2 Å². The standard InChI is InChI=1S/C15H26N2O/c1-15(2,3)12-6-4-11(5-7-12)13-10-17-14(18-13)8-9-16/h10-12H,4-9,16H2,1-3H3. The molecule has 2 N–H and O–H groups in total. The van der Waals surface area contributed by atoms with Crippen LogP contribution in [-0.2, 0) is 6.42 Å². The van der Waals surface area contributed by atoms with Crippen LogP contribution in [0.2, 0.25) is 0 Å². The molecule has 0 radical (unpaired) electrons. The van der Waals surface area contributed by atoms with Gasteiger partial charge in [-0.05, 0) is 37.0 Å². The number of aromatic nitrogens is 1. The molecule has 0 bridgehead atoms. The normalized spacial score (nSPS) is 25.3. The lowest BCUT2D eigenvalue weighted by atomic mass is 9.69. The molecule has 0 saturated heterocycles. The summed E-state index contributed by atoms with van der Waals surface area (Å²) in [5.41, 5.74) is 5.96. The highest BCUT2D eigenvalue weighted by molar-refractivity contribution is 5.04. The second-order valence-corrected chi connectivity index (χ2v) is 6.61. The predicted octanol–water partition coefficient (Wildman–Crippen LogP) is 3.50. The fraction of sp³-hybridized carbons (Fsp3) is 0.800. The molecule has 0 spiro atoms. The monoisotopic (exact) mass is 250 g/mol. The van der Waals surface area contributed by atoms with E-state index in [9.17, 15) is 0 Å². The van der Waals surface area contributed by atoms with Crippen LogP contribution in [0.25, 0.3) is 0 Å². The average molecular weight is 250 g/mol. The predicted molar refractivity (Wildman–Crippen MR) is 73.4 cm³/mol. The maximum Gasteiger partial charge on any atom is 0.195 e. The minimum absolute atomic E-state index is 0.442. The highest BCUT2D eigenvalue weighted by Crippen LogP contribution is 2.43. The largest absolute Gasteiger partial charge is 0.445 e. The summed E-state index contributed by atoms with van der Waals surface area (Å²) in [4.78, 5) is 4.30. The Morgan fingerprint density at radius 3 is 2.50 bits per heavy atom. The van der Waals surface area contributed by atoms with Gasteiger partial charge in [0.2, 0.25) is 0 Å². The number of nitrogens with zero attached hydrogens (tertiary/aromatic N) is 1. The fourth-order valence-corrected chi connectivity index (χ4v) is 3.00. The van der Waals surface area contributed by atoms with Gasteiger partial charge in [0, 0.05) is 18.9 Å². The summed E-state index contributed by atoms with van der Waals surface area (Å²) in [6.45, 7) is 7.67. The minimum atomic E-state index is 0.442. The van der Waals surface area contributed by atoms with Gasteiger partial charge in [-0.15, -0.1) is 0 Å². The summed E-state index contributed by atoms with van der Waals surface area (Å²) in [5.74, 6) is 3.29. The Bertz CT molecular complexity index is 370. The van der Waals surface area contributed by atoms with Gasteiger partial charge in [-0.25, -0.2) is 4.98 Å². The Balaban J connectivity index is 1.92. The molecule has 3 nitrogen and oxygen atoms in total. The molecule has 2 rings (SSSR count). The van der Waals surface area contributed by atoms with Crippen molar-refractivity contribution in [3.63, 3.8) is 0 Å². The van der Waals surface area contributed by atoms with Crippen molar-refractivity contribution in [1.82, 2.24) is 4.98 Å². The molecule has 0 amide bonds. The SMILES string of the molecule is CC(C)(C)C1CCC(c2cnc(CCN)o2)CC1. The molecule has 1 fully saturated rings. The van der Waals surface area contributed by atoms with Crippen molar-refractivity contribution in [2.75, 3.05) is 6.54 Å². The third-order valence-electron chi connectivity index (χ3n) is 4.28. The van der Waals surface area contributed by atoms with Gasteiger partial charge >= 0.3 is 0 Å². The second-order valence-electron chi connectivity index (χ2n) is 6.61. The molecule has 1 aliphatic rings. The Labute approximate surface area is 110 Å². The van der Waals surface area contributed by atoms with E-state index < -0.39 is 0 Å². The van der Waals surface area contributed by atoms with Crippen molar-refractivity contribution in [3.05, 3.63) is 17.8 Å². The molecule has 0 unspecified atom stereocenters. The van der Waals surface area contributed by atoms with Crippen LogP contribution in [0.3, 0.4) is 0 Å². The van der Waals surface area contributed by atoms with E-state index in [1.54, 1.807) is 0 Å². The van der Waals surface area contributed by atoms with Gasteiger partial charge in [0.1, 0.15) is 5.76 Å². The van der Waals surface area contributed by atoms with Crippen LogP contribution >= 0.6 is 0 Å². The van der Waals surface area contributed by atoms with E-state index in [1.165, 1.54) is 25.7 Å². The lowest BCUT2D eigenvalue weighted by molar-refractivity contribution is 0.163. The zero-order valence-electron chi connectivity index (χ0n) is 11.9. The molecule has 1 aromatic rings. The zero-order valence-corrected chi connectivity index (χ0v) is 11.9. The minimum Gasteiger partial charge on any atom is -0.445 e. The molecular formula is C15H26N2O. The van der Waals surface area contributed by atoms with Crippen molar-refractivity contribution in [2.45, 2.75) is 58.8 Å². The second kappa shape index (κ2) is 5.43. The van der Waals surface area contributed by atoms with Gasteiger partial charge in [-0.1, -0.05) is 20.8 Å². The van der Waals surface area contributed by atoms with E-state index in [-0.39, 0.29) is 0 Å². The summed E-state index contributed by atoms with van der Waals surface area (Å²) < 4.78 is 5.79. The first-order chi connectivity index (χ1) is 8.50. The molecule has 1 heterocycles. The summed E-state index contributed by atoms with van der Waals surface area (Å²) in [7, 11) is 0. The van der Waals surface area contributed by atoms with Gasteiger partial charge in [0.15, 0.2) is 5.89 Å². The van der Waals surface area contributed by atoms with E-state index in [0.717, 1.165) is 24.0 Å². The van der Waals surface area contributed by atoms with Crippen molar-refractivity contribution in [3.8, 4) is 0 Å². The van der Waals surface area contributed by atoms with E-state index >= 15 is 0 Å². The fourth-order valence-electron chi connectivity index (χ4n) is 3.00. The number of oxazole rings is 1. The molecule has 18 heavy (non-hydrogen) atoms. The van der Waals surface area contributed by atoms with Crippen LogP contribution < -0.4 is 5.73 Å². The zero-order chi connectivity index (χ0) is 13.2. The molecule has 0 aromatic carbocycles. The van der Waals surface area contributed by atoms with Crippen molar-refractivity contribution >= 4 is 0 Å². The Kier molecular flexibility index (Phi) is 4.10. The Hall–Kier alpha value is -0.830. The first-order valence-electron chi connectivity index (χ1n) is 7.15. The van der Waals surface area contributed by atoms with Crippen LogP contribution in [0.15, 0.2) is 10.6 Å². The van der Waals surface area contributed by atoms with E-state index in [4.69, 9.17) is 10.2 Å². The molecule has 0 atom stereocenters. The number of hydrogen-bond donors (Lipinski definition) is 1. The summed E-state index contributed by atoms with van der Waals surface area (Å²) in [6, 6.07) is 0. The topological polar surface area (TPSA) is 52.0 Å². The highest BCUT2D eigenvalue weighted by Gasteiger charge is 2.31. The molecule has 1 aliphatic carbocycles. The maximum absolute atomic E-state index is 5.79. The summed E-state index contributed by atoms with van der Waals surface area (Å²) in [5, 5.41) is 0. The molecule has 3 heteroatoms. The number of nitrogens with two attached hydrogens (primary N) is 1. The molecule has 1 aromatic heterocycles.